The second-order valence-corrected chi connectivity index (χ2v) is 4.98. The van der Waals surface area contributed by atoms with Crippen molar-refractivity contribution < 1.29 is 9.90 Å². The van der Waals surface area contributed by atoms with E-state index in [1.807, 2.05) is 42.5 Å². The molecule has 2 aromatic carbocycles. The number of carbonyl (C=O) groups is 1. The van der Waals surface area contributed by atoms with Crippen LogP contribution in [-0.4, -0.2) is 11.1 Å². The van der Waals surface area contributed by atoms with Crippen LogP contribution in [0.15, 0.2) is 54.6 Å². The van der Waals surface area contributed by atoms with E-state index in [1.165, 1.54) is 5.56 Å². The van der Waals surface area contributed by atoms with Crippen LogP contribution in [0, 0.1) is 5.92 Å². The summed E-state index contributed by atoms with van der Waals surface area (Å²) in [5, 5.41) is 12.2. The summed E-state index contributed by atoms with van der Waals surface area (Å²) in [6.45, 7) is 2.51. The molecule has 0 spiro atoms. The van der Waals surface area contributed by atoms with Crippen molar-refractivity contribution in [2.45, 2.75) is 19.9 Å². The highest BCUT2D eigenvalue weighted by atomic mass is 16.4. The molecule has 0 aliphatic carbocycles. The van der Waals surface area contributed by atoms with Crippen molar-refractivity contribution in [2.24, 2.45) is 5.92 Å². The van der Waals surface area contributed by atoms with Crippen LogP contribution in [0.5, 0.6) is 0 Å². The molecule has 0 amide bonds. The molecule has 1 unspecified atom stereocenters. The lowest BCUT2D eigenvalue weighted by Crippen LogP contribution is -2.12. The quantitative estimate of drug-likeness (QED) is 0.843. The molecule has 0 fully saturated rings. The summed E-state index contributed by atoms with van der Waals surface area (Å²) in [6, 6.07) is 18.1. The lowest BCUT2D eigenvalue weighted by atomic mass is 10.0. The van der Waals surface area contributed by atoms with E-state index in [9.17, 15) is 4.79 Å². The summed E-state index contributed by atoms with van der Waals surface area (Å²) in [4.78, 5) is 10.8. The topological polar surface area (TPSA) is 49.3 Å². The van der Waals surface area contributed by atoms with Crippen LogP contribution in [0.2, 0.25) is 0 Å². The van der Waals surface area contributed by atoms with Crippen molar-refractivity contribution >= 4 is 11.7 Å². The smallest absolute Gasteiger partial charge is 0.306 e. The van der Waals surface area contributed by atoms with Gasteiger partial charge in [0.2, 0.25) is 0 Å². The van der Waals surface area contributed by atoms with Crippen molar-refractivity contribution in [3.05, 3.63) is 65.7 Å². The molecule has 2 aromatic rings. The summed E-state index contributed by atoms with van der Waals surface area (Å²) in [7, 11) is 0. The summed E-state index contributed by atoms with van der Waals surface area (Å²) in [5.41, 5.74) is 3.32. The van der Waals surface area contributed by atoms with Crippen LogP contribution in [0.1, 0.15) is 18.1 Å². The Morgan fingerprint density at radius 3 is 2.30 bits per heavy atom. The summed E-state index contributed by atoms with van der Waals surface area (Å²) >= 11 is 0. The molecule has 0 aliphatic rings. The Balaban J connectivity index is 1.90. The van der Waals surface area contributed by atoms with Gasteiger partial charge in [-0.3, -0.25) is 4.79 Å². The zero-order valence-electron chi connectivity index (χ0n) is 11.5. The van der Waals surface area contributed by atoms with E-state index in [2.05, 4.69) is 17.4 Å². The fraction of sp³-hybridized carbons (Fsp3) is 0.235. The molecule has 3 heteroatoms. The Hall–Kier alpha value is -2.29. The van der Waals surface area contributed by atoms with E-state index in [-0.39, 0.29) is 5.92 Å². The molecule has 0 aromatic heterocycles. The van der Waals surface area contributed by atoms with Gasteiger partial charge in [0, 0.05) is 12.2 Å². The van der Waals surface area contributed by atoms with Crippen molar-refractivity contribution in [1.29, 1.82) is 0 Å². The number of hydrogen-bond acceptors (Lipinski definition) is 2. The predicted octanol–water partition coefficient (Wildman–Crippen LogP) is 3.56. The lowest BCUT2D eigenvalue weighted by Gasteiger charge is -2.09. The van der Waals surface area contributed by atoms with Gasteiger partial charge in [0.15, 0.2) is 0 Å². The number of carboxylic acids is 1. The minimum absolute atomic E-state index is 0.349. The minimum Gasteiger partial charge on any atom is -0.481 e. The number of rotatable bonds is 6. The Labute approximate surface area is 119 Å². The molecule has 2 N–H and O–H groups in total. The lowest BCUT2D eigenvalue weighted by molar-refractivity contribution is -0.141. The van der Waals surface area contributed by atoms with E-state index in [0.717, 1.165) is 17.8 Å². The summed E-state index contributed by atoms with van der Waals surface area (Å²) < 4.78 is 0. The van der Waals surface area contributed by atoms with Crippen LogP contribution in [0.25, 0.3) is 0 Å². The number of aliphatic carboxylic acids is 1. The van der Waals surface area contributed by atoms with Gasteiger partial charge in [-0.1, -0.05) is 49.4 Å². The highest BCUT2D eigenvalue weighted by molar-refractivity contribution is 5.69. The van der Waals surface area contributed by atoms with Crippen LogP contribution in [0.3, 0.4) is 0 Å². The van der Waals surface area contributed by atoms with Crippen molar-refractivity contribution in [3.63, 3.8) is 0 Å². The standard InChI is InChI=1S/C17H19NO2/c1-13(17(19)20)11-14-7-9-16(10-8-14)18-12-15-5-3-2-4-6-15/h2-10,13,18H,11-12H2,1H3,(H,19,20). The zero-order valence-corrected chi connectivity index (χ0v) is 11.5. The molecule has 0 aliphatic heterocycles. The molecule has 1 atom stereocenters. The third kappa shape index (κ3) is 4.12. The molecule has 3 nitrogen and oxygen atoms in total. The molecule has 2 rings (SSSR count). The SMILES string of the molecule is CC(Cc1ccc(NCc2ccccc2)cc1)C(=O)O. The van der Waals surface area contributed by atoms with Crippen LogP contribution < -0.4 is 5.32 Å². The maximum atomic E-state index is 10.8. The van der Waals surface area contributed by atoms with Gasteiger partial charge in [0.25, 0.3) is 0 Å². The number of hydrogen-bond donors (Lipinski definition) is 2. The molecule has 20 heavy (non-hydrogen) atoms. The van der Waals surface area contributed by atoms with Crippen LogP contribution in [0.4, 0.5) is 5.69 Å². The zero-order chi connectivity index (χ0) is 14.4. The Morgan fingerprint density at radius 2 is 1.70 bits per heavy atom. The normalized spacial score (nSPS) is 11.8. The molecule has 104 valence electrons. The number of anilines is 1. The number of benzene rings is 2. The van der Waals surface area contributed by atoms with Gasteiger partial charge in [0.05, 0.1) is 5.92 Å². The molecular weight excluding hydrogens is 250 g/mol. The fourth-order valence-corrected chi connectivity index (χ4v) is 2.00. The second kappa shape index (κ2) is 6.75. The van der Waals surface area contributed by atoms with Crippen molar-refractivity contribution in [1.82, 2.24) is 0 Å². The van der Waals surface area contributed by atoms with Crippen molar-refractivity contribution in [3.8, 4) is 0 Å². The fourth-order valence-electron chi connectivity index (χ4n) is 2.00. The minimum atomic E-state index is -0.753. The average molecular weight is 269 g/mol. The van der Waals surface area contributed by atoms with E-state index in [1.54, 1.807) is 6.92 Å². The third-order valence-electron chi connectivity index (χ3n) is 3.26. The van der Waals surface area contributed by atoms with Crippen LogP contribution >= 0.6 is 0 Å². The van der Waals surface area contributed by atoms with Gasteiger partial charge >= 0.3 is 5.97 Å². The van der Waals surface area contributed by atoms with E-state index >= 15 is 0 Å². The Bertz CT molecular complexity index is 549. The first-order valence-corrected chi connectivity index (χ1v) is 6.74. The molecule has 0 radical (unpaired) electrons. The van der Waals surface area contributed by atoms with Gasteiger partial charge in [0.1, 0.15) is 0 Å². The number of nitrogens with one attached hydrogen (secondary N) is 1. The molecule has 0 saturated carbocycles. The van der Waals surface area contributed by atoms with Gasteiger partial charge in [-0.25, -0.2) is 0 Å². The molecule has 0 bridgehead atoms. The summed E-state index contributed by atoms with van der Waals surface area (Å²) in [5.74, 6) is -1.10. The largest absolute Gasteiger partial charge is 0.481 e. The first-order valence-electron chi connectivity index (χ1n) is 6.74. The number of carboxylic acid groups (broad SMARTS) is 1. The van der Waals surface area contributed by atoms with Gasteiger partial charge in [-0.2, -0.15) is 0 Å². The molecule has 0 heterocycles. The monoisotopic (exact) mass is 269 g/mol. The Kier molecular flexibility index (Phi) is 4.77. The van der Waals surface area contributed by atoms with Gasteiger partial charge < -0.3 is 10.4 Å². The van der Waals surface area contributed by atoms with Crippen molar-refractivity contribution in [2.75, 3.05) is 5.32 Å². The average Bonchev–Trinajstić information content (AvgIpc) is 2.47. The van der Waals surface area contributed by atoms with Gasteiger partial charge in [-0.05, 0) is 29.7 Å². The van der Waals surface area contributed by atoms with E-state index in [4.69, 9.17) is 5.11 Å². The van der Waals surface area contributed by atoms with Crippen LogP contribution in [-0.2, 0) is 17.8 Å². The van der Waals surface area contributed by atoms with Gasteiger partial charge in [-0.15, -0.1) is 0 Å². The Morgan fingerprint density at radius 1 is 1.05 bits per heavy atom. The highest BCUT2D eigenvalue weighted by Gasteiger charge is 2.11. The summed E-state index contributed by atoms with van der Waals surface area (Å²) in [6.07, 6.45) is 0.564. The second-order valence-electron chi connectivity index (χ2n) is 4.98. The highest BCUT2D eigenvalue weighted by Crippen LogP contribution is 2.14. The molecule has 0 saturated heterocycles. The first-order chi connectivity index (χ1) is 9.65. The maximum absolute atomic E-state index is 10.8. The third-order valence-corrected chi connectivity index (χ3v) is 3.26. The maximum Gasteiger partial charge on any atom is 0.306 e. The van der Waals surface area contributed by atoms with E-state index in [0.29, 0.717) is 6.42 Å². The predicted molar refractivity (Wildman–Crippen MR) is 80.7 cm³/mol. The first kappa shape index (κ1) is 14.1. The molecular formula is C17H19NO2. The van der Waals surface area contributed by atoms with E-state index < -0.39 is 5.97 Å².